The number of carbonyl (C=O) groups is 1. The van der Waals surface area contributed by atoms with Gasteiger partial charge >= 0.3 is 0 Å². The molecular formula is C29H50N2O. The minimum absolute atomic E-state index is 0.0768. The number of piperazine rings is 1. The minimum atomic E-state index is 0.0768. The molecule has 1 aliphatic heterocycles. The summed E-state index contributed by atoms with van der Waals surface area (Å²) in [6, 6.07) is 0.0768. The summed E-state index contributed by atoms with van der Waals surface area (Å²) in [5.74, 6) is 0.308. The van der Waals surface area contributed by atoms with Crippen LogP contribution in [-0.4, -0.2) is 54.3 Å². The van der Waals surface area contributed by atoms with E-state index in [0.717, 1.165) is 71.2 Å². The van der Waals surface area contributed by atoms with Crippen LogP contribution in [0.1, 0.15) is 93.4 Å². The Balaban J connectivity index is 2.34. The van der Waals surface area contributed by atoms with Gasteiger partial charge in [-0.2, -0.15) is 0 Å². The fourth-order valence-corrected chi connectivity index (χ4v) is 4.26. The number of Topliss-reactive ketones (excluding diaryl/α,β-unsaturated/α-hetero) is 1. The van der Waals surface area contributed by atoms with E-state index in [9.17, 15) is 4.79 Å². The van der Waals surface area contributed by atoms with Crippen molar-refractivity contribution in [3.8, 4) is 0 Å². The molecule has 1 heterocycles. The molecule has 0 radical (unpaired) electrons. The normalized spacial score (nSPS) is 19.3. The maximum absolute atomic E-state index is 12.1. The zero-order valence-electron chi connectivity index (χ0n) is 22.2. The van der Waals surface area contributed by atoms with Crippen LogP contribution in [0.4, 0.5) is 0 Å². The van der Waals surface area contributed by atoms with E-state index in [1.54, 1.807) is 6.92 Å². The highest BCUT2D eigenvalue weighted by molar-refractivity contribution is 5.81. The second kappa shape index (κ2) is 16.2. The summed E-state index contributed by atoms with van der Waals surface area (Å²) in [5, 5.41) is 0. The van der Waals surface area contributed by atoms with E-state index in [-0.39, 0.29) is 6.04 Å². The predicted octanol–water partition coefficient (Wildman–Crippen LogP) is 7.12. The van der Waals surface area contributed by atoms with E-state index in [0.29, 0.717) is 5.78 Å². The van der Waals surface area contributed by atoms with Crippen molar-refractivity contribution in [1.82, 2.24) is 9.80 Å². The molecule has 1 fully saturated rings. The predicted molar refractivity (Wildman–Crippen MR) is 141 cm³/mol. The van der Waals surface area contributed by atoms with Crippen molar-refractivity contribution in [2.45, 2.75) is 99.5 Å². The van der Waals surface area contributed by atoms with E-state index in [4.69, 9.17) is 0 Å². The Morgan fingerprint density at radius 1 is 0.781 bits per heavy atom. The Labute approximate surface area is 199 Å². The zero-order valence-corrected chi connectivity index (χ0v) is 22.2. The van der Waals surface area contributed by atoms with Crippen LogP contribution in [0.2, 0.25) is 0 Å². The number of ketones is 1. The van der Waals surface area contributed by atoms with Crippen LogP contribution in [0, 0.1) is 0 Å². The van der Waals surface area contributed by atoms with Gasteiger partial charge in [0.15, 0.2) is 0 Å². The van der Waals surface area contributed by atoms with E-state index in [2.05, 4.69) is 75.6 Å². The van der Waals surface area contributed by atoms with Crippen molar-refractivity contribution in [2.75, 3.05) is 32.7 Å². The van der Waals surface area contributed by atoms with Gasteiger partial charge < -0.3 is 0 Å². The van der Waals surface area contributed by atoms with Crippen LogP contribution in [0.5, 0.6) is 0 Å². The molecule has 1 atom stereocenters. The van der Waals surface area contributed by atoms with Crippen molar-refractivity contribution >= 4 is 5.78 Å². The average molecular weight is 443 g/mol. The van der Waals surface area contributed by atoms with Gasteiger partial charge in [-0.3, -0.25) is 14.6 Å². The third kappa shape index (κ3) is 12.6. The lowest BCUT2D eigenvalue weighted by atomic mass is 10.0. The molecule has 3 nitrogen and oxygen atoms in total. The summed E-state index contributed by atoms with van der Waals surface area (Å²) in [4.78, 5) is 16.9. The highest BCUT2D eigenvalue weighted by Gasteiger charge is 2.28. The maximum Gasteiger partial charge on any atom is 0.148 e. The van der Waals surface area contributed by atoms with Gasteiger partial charge in [0.25, 0.3) is 0 Å². The maximum atomic E-state index is 12.1. The van der Waals surface area contributed by atoms with Gasteiger partial charge in [-0.25, -0.2) is 0 Å². The van der Waals surface area contributed by atoms with Crippen LogP contribution in [0.3, 0.4) is 0 Å². The molecule has 0 bridgehead atoms. The molecule has 3 heteroatoms. The monoisotopic (exact) mass is 442 g/mol. The number of hydrogen-bond donors (Lipinski definition) is 0. The minimum Gasteiger partial charge on any atom is -0.298 e. The summed E-state index contributed by atoms with van der Waals surface area (Å²) in [6.45, 7) is 20.0. The largest absolute Gasteiger partial charge is 0.298 e. The lowest BCUT2D eigenvalue weighted by Crippen LogP contribution is -2.55. The van der Waals surface area contributed by atoms with Crippen LogP contribution in [-0.2, 0) is 4.79 Å². The molecule has 0 amide bonds. The van der Waals surface area contributed by atoms with Gasteiger partial charge in [0.2, 0.25) is 0 Å². The second-order valence-electron chi connectivity index (χ2n) is 9.97. The third-order valence-corrected chi connectivity index (χ3v) is 6.41. The van der Waals surface area contributed by atoms with Crippen molar-refractivity contribution < 1.29 is 4.79 Å². The molecule has 182 valence electrons. The van der Waals surface area contributed by atoms with Gasteiger partial charge in [0.1, 0.15) is 5.78 Å². The zero-order chi connectivity index (χ0) is 23.9. The third-order valence-electron chi connectivity index (χ3n) is 6.41. The van der Waals surface area contributed by atoms with Gasteiger partial charge in [-0.05, 0) is 93.0 Å². The molecule has 1 saturated heterocycles. The Bertz CT molecular complexity index is 679. The fraction of sp³-hybridized carbons (Fsp3) is 0.690. The Morgan fingerprint density at radius 2 is 1.31 bits per heavy atom. The fourth-order valence-electron chi connectivity index (χ4n) is 4.26. The highest BCUT2D eigenvalue weighted by atomic mass is 16.1. The Morgan fingerprint density at radius 3 is 1.81 bits per heavy atom. The lowest BCUT2D eigenvalue weighted by molar-refractivity contribution is -0.124. The molecule has 0 spiro atoms. The number of rotatable bonds is 14. The average Bonchev–Trinajstić information content (AvgIpc) is 2.72. The molecule has 0 aromatic rings. The summed E-state index contributed by atoms with van der Waals surface area (Å²) in [5.41, 5.74) is 5.88. The number of allylic oxidation sites excluding steroid dienone is 7. The first-order valence-electron chi connectivity index (χ1n) is 12.8. The molecule has 0 aromatic carbocycles. The summed E-state index contributed by atoms with van der Waals surface area (Å²) in [7, 11) is 0. The SMILES string of the molecule is CCCN1CCN(C/C=C(\C)CC/C=C(\C)CC/C=C(\C)CCC=C(C)C)CC1C(C)=O. The van der Waals surface area contributed by atoms with Gasteiger partial charge in [0, 0.05) is 26.2 Å². The molecule has 0 N–H and O–H groups in total. The molecule has 32 heavy (non-hydrogen) atoms. The molecule has 0 aromatic heterocycles. The quantitative estimate of drug-likeness (QED) is 0.268. The van der Waals surface area contributed by atoms with E-state index in [1.165, 1.54) is 28.7 Å². The molecule has 0 saturated carbocycles. The first kappa shape index (κ1) is 28.6. The summed E-state index contributed by atoms with van der Waals surface area (Å²) >= 11 is 0. The van der Waals surface area contributed by atoms with Gasteiger partial charge in [-0.15, -0.1) is 0 Å². The summed E-state index contributed by atoms with van der Waals surface area (Å²) in [6.07, 6.45) is 17.5. The summed E-state index contributed by atoms with van der Waals surface area (Å²) < 4.78 is 0. The first-order valence-corrected chi connectivity index (χ1v) is 12.8. The Hall–Kier alpha value is -1.45. The van der Waals surface area contributed by atoms with Crippen LogP contribution in [0.15, 0.2) is 46.6 Å². The van der Waals surface area contributed by atoms with Crippen LogP contribution < -0.4 is 0 Å². The smallest absolute Gasteiger partial charge is 0.148 e. The standard InChI is InChI=1S/C29H50N2O/c1-8-19-31-22-21-30(23-29(31)28(7)32)20-18-27(6)17-11-16-26(5)15-10-14-25(4)13-9-12-24(2)3/h12,14,16,18,29H,8-11,13,15,17,19-23H2,1-7H3/b25-14+,26-16+,27-18+. The Kier molecular flexibility index (Phi) is 14.5. The highest BCUT2D eigenvalue weighted by Crippen LogP contribution is 2.15. The van der Waals surface area contributed by atoms with E-state index < -0.39 is 0 Å². The van der Waals surface area contributed by atoms with Crippen LogP contribution in [0.25, 0.3) is 0 Å². The van der Waals surface area contributed by atoms with Crippen molar-refractivity contribution in [1.29, 1.82) is 0 Å². The first-order chi connectivity index (χ1) is 15.2. The van der Waals surface area contributed by atoms with Gasteiger partial charge in [0.05, 0.1) is 6.04 Å². The van der Waals surface area contributed by atoms with Crippen molar-refractivity contribution in [3.05, 3.63) is 46.6 Å². The lowest BCUT2D eigenvalue weighted by Gasteiger charge is -2.39. The van der Waals surface area contributed by atoms with E-state index in [1.807, 2.05) is 0 Å². The second-order valence-corrected chi connectivity index (χ2v) is 9.97. The number of hydrogen-bond acceptors (Lipinski definition) is 3. The molecule has 0 aliphatic carbocycles. The van der Waals surface area contributed by atoms with Crippen molar-refractivity contribution in [2.24, 2.45) is 0 Å². The molecule has 1 unspecified atom stereocenters. The molecule has 1 aliphatic rings. The molecule has 1 rings (SSSR count). The van der Waals surface area contributed by atoms with E-state index >= 15 is 0 Å². The topological polar surface area (TPSA) is 23.6 Å². The van der Waals surface area contributed by atoms with Crippen molar-refractivity contribution in [3.63, 3.8) is 0 Å². The van der Waals surface area contributed by atoms with Crippen LogP contribution >= 0.6 is 0 Å². The van der Waals surface area contributed by atoms with Gasteiger partial charge in [-0.1, -0.05) is 53.5 Å². The number of carbonyl (C=O) groups excluding carboxylic acids is 1. The number of nitrogens with zero attached hydrogens (tertiary/aromatic N) is 2. The molecular weight excluding hydrogens is 392 g/mol.